The van der Waals surface area contributed by atoms with Crippen molar-refractivity contribution in [1.29, 1.82) is 0 Å². The Morgan fingerprint density at radius 1 is 1.15 bits per heavy atom. The van der Waals surface area contributed by atoms with Gasteiger partial charge in [0, 0.05) is 19.6 Å². The molecule has 0 atom stereocenters. The molecular weight excluding hydrogens is 334 g/mol. The summed E-state index contributed by atoms with van der Waals surface area (Å²) >= 11 is 0. The highest BCUT2D eigenvalue weighted by Crippen LogP contribution is 2.40. The summed E-state index contributed by atoms with van der Waals surface area (Å²) in [7, 11) is 0. The number of hydrogen-bond acceptors (Lipinski definition) is 7. The quantitative estimate of drug-likeness (QED) is 0.536. The zero-order valence-electron chi connectivity index (χ0n) is 14.2. The Morgan fingerprint density at radius 2 is 1.88 bits per heavy atom. The number of benzene rings is 2. The number of rotatable bonds is 6. The number of nitrogens with zero attached hydrogens (tertiary/aromatic N) is 4. The summed E-state index contributed by atoms with van der Waals surface area (Å²) in [6, 6.07) is 11.9. The third kappa shape index (κ3) is 3.05. The normalized spacial score (nSPS) is 14.1. The maximum atomic E-state index is 11.6. The Hall–Kier alpha value is -3.16. The van der Waals surface area contributed by atoms with E-state index >= 15 is 0 Å². The Bertz CT molecular complexity index is 919. The van der Waals surface area contributed by atoms with Gasteiger partial charge >= 0.3 is 5.69 Å². The third-order valence-electron chi connectivity index (χ3n) is 4.69. The second kappa shape index (κ2) is 6.99. The van der Waals surface area contributed by atoms with Crippen molar-refractivity contribution >= 4 is 28.1 Å². The van der Waals surface area contributed by atoms with Gasteiger partial charge in [-0.1, -0.05) is 30.3 Å². The van der Waals surface area contributed by atoms with Crippen molar-refractivity contribution in [3.8, 4) is 0 Å². The minimum absolute atomic E-state index is 0.0308. The van der Waals surface area contributed by atoms with Gasteiger partial charge in [-0.3, -0.25) is 10.1 Å². The lowest BCUT2D eigenvalue weighted by Gasteiger charge is -2.19. The van der Waals surface area contributed by atoms with Crippen LogP contribution in [0.25, 0.3) is 11.0 Å². The molecule has 0 saturated carbocycles. The highest BCUT2D eigenvalue weighted by molar-refractivity contribution is 5.99. The molecular formula is C18H19N5O3. The van der Waals surface area contributed by atoms with Gasteiger partial charge in [0.25, 0.3) is 0 Å². The van der Waals surface area contributed by atoms with Crippen molar-refractivity contribution in [2.24, 2.45) is 0 Å². The lowest BCUT2D eigenvalue weighted by molar-refractivity contribution is -0.382. The first-order valence-corrected chi connectivity index (χ1v) is 8.70. The molecule has 134 valence electrons. The standard InChI is InChI=1S/C18H19N5O3/c24-23(25)18-15(22-10-4-5-11-22)12-14(16-17(18)21-26-20-16)19-9-8-13-6-2-1-3-7-13/h1-3,6-7,12,19H,4-5,8-11H2. The molecule has 0 amide bonds. The molecule has 1 saturated heterocycles. The van der Waals surface area contributed by atoms with E-state index in [-0.39, 0.29) is 11.2 Å². The van der Waals surface area contributed by atoms with Gasteiger partial charge in [-0.05, 0) is 41.2 Å². The van der Waals surface area contributed by atoms with E-state index < -0.39 is 4.92 Å². The van der Waals surface area contributed by atoms with Crippen LogP contribution in [0.3, 0.4) is 0 Å². The van der Waals surface area contributed by atoms with Crippen LogP contribution in [0.5, 0.6) is 0 Å². The number of anilines is 2. The summed E-state index contributed by atoms with van der Waals surface area (Å²) in [6.45, 7) is 2.30. The molecule has 2 heterocycles. The second-order valence-electron chi connectivity index (χ2n) is 6.37. The number of aromatic nitrogens is 2. The van der Waals surface area contributed by atoms with E-state index in [2.05, 4.69) is 27.8 Å². The van der Waals surface area contributed by atoms with E-state index in [9.17, 15) is 10.1 Å². The van der Waals surface area contributed by atoms with Crippen LogP contribution in [0.2, 0.25) is 0 Å². The molecule has 3 aromatic rings. The molecule has 0 bridgehead atoms. The fourth-order valence-corrected chi connectivity index (χ4v) is 3.42. The number of nitrogens with one attached hydrogen (secondary N) is 1. The molecule has 1 fully saturated rings. The molecule has 8 heteroatoms. The van der Waals surface area contributed by atoms with Gasteiger partial charge in [0.05, 0.1) is 10.6 Å². The van der Waals surface area contributed by atoms with Gasteiger partial charge in [-0.2, -0.15) is 0 Å². The first-order valence-electron chi connectivity index (χ1n) is 8.70. The molecule has 0 unspecified atom stereocenters. The minimum atomic E-state index is -0.395. The number of fused-ring (bicyclic) bond motifs is 1. The van der Waals surface area contributed by atoms with E-state index in [0.717, 1.165) is 32.4 Å². The lowest BCUT2D eigenvalue weighted by Crippen LogP contribution is -2.19. The van der Waals surface area contributed by atoms with Crippen molar-refractivity contribution in [3.05, 3.63) is 52.1 Å². The molecule has 1 aromatic heterocycles. The van der Waals surface area contributed by atoms with Gasteiger partial charge < -0.3 is 10.2 Å². The van der Waals surface area contributed by atoms with Crippen LogP contribution in [-0.4, -0.2) is 34.9 Å². The Kier molecular flexibility index (Phi) is 4.39. The van der Waals surface area contributed by atoms with Crippen molar-refractivity contribution in [3.63, 3.8) is 0 Å². The Labute approximate surface area is 149 Å². The predicted molar refractivity (Wildman–Crippen MR) is 98.5 cm³/mol. The van der Waals surface area contributed by atoms with E-state index in [1.54, 1.807) is 6.07 Å². The predicted octanol–water partition coefficient (Wildman–Crippen LogP) is 3.39. The maximum Gasteiger partial charge on any atom is 0.323 e. The molecule has 0 spiro atoms. The number of hydrogen-bond donors (Lipinski definition) is 1. The summed E-state index contributed by atoms with van der Waals surface area (Å²) in [5.41, 5.74) is 3.07. The van der Waals surface area contributed by atoms with Crippen LogP contribution >= 0.6 is 0 Å². The van der Waals surface area contributed by atoms with Crippen LogP contribution in [-0.2, 0) is 6.42 Å². The smallest absolute Gasteiger partial charge is 0.323 e. The molecule has 1 aliphatic rings. The number of nitro benzene ring substituents is 1. The lowest BCUT2D eigenvalue weighted by atomic mass is 10.1. The van der Waals surface area contributed by atoms with Crippen molar-refractivity contribution in [2.75, 3.05) is 29.9 Å². The molecule has 8 nitrogen and oxygen atoms in total. The van der Waals surface area contributed by atoms with E-state index in [4.69, 9.17) is 4.63 Å². The third-order valence-corrected chi connectivity index (χ3v) is 4.69. The molecule has 2 aromatic carbocycles. The zero-order valence-corrected chi connectivity index (χ0v) is 14.2. The van der Waals surface area contributed by atoms with Crippen LogP contribution in [0.15, 0.2) is 41.0 Å². The van der Waals surface area contributed by atoms with Gasteiger partial charge in [-0.25, -0.2) is 4.63 Å². The van der Waals surface area contributed by atoms with Gasteiger partial charge in [-0.15, -0.1) is 0 Å². The largest absolute Gasteiger partial charge is 0.383 e. The summed E-state index contributed by atoms with van der Waals surface area (Å²) in [5.74, 6) is 0. The van der Waals surface area contributed by atoms with Crippen LogP contribution in [0.1, 0.15) is 18.4 Å². The highest BCUT2D eigenvalue weighted by Gasteiger charge is 2.29. The molecule has 26 heavy (non-hydrogen) atoms. The first-order chi connectivity index (χ1) is 12.7. The first kappa shape index (κ1) is 16.3. The fourth-order valence-electron chi connectivity index (χ4n) is 3.42. The molecule has 1 N–H and O–H groups in total. The number of nitro groups is 1. The van der Waals surface area contributed by atoms with Crippen LogP contribution in [0, 0.1) is 10.1 Å². The van der Waals surface area contributed by atoms with Crippen LogP contribution < -0.4 is 10.2 Å². The van der Waals surface area contributed by atoms with E-state index in [0.29, 0.717) is 23.4 Å². The Morgan fingerprint density at radius 3 is 2.62 bits per heavy atom. The summed E-state index contributed by atoms with van der Waals surface area (Å²) in [4.78, 5) is 13.3. The second-order valence-corrected chi connectivity index (χ2v) is 6.37. The SMILES string of the molecule is O=[N+]([O-])c1c(N2CCCC2)cc(NCCc2ccccc2)c2nonc12. The fraction of sp³-hybridized carbons (Fsp3) is 0.333. The minimum Gasteiger partial charge on any atom is -0.383 e. The average Bonchev–Trinajstić information content (AvgIpc) is 3.33. The van der Waals surface area contributed by atoms with Gasteiger partial charge in [0.15, 0.2) is 5.52 Å². The van der Waals surface area contributed by atoms with Crippen molar-refractivity contribution in [2.45, 2.75) is 19.3 Å². The molecule has 0 radical (unpaired) electrons. The summed E-state index contributed by atoms with van der Waals surface area (Å²) in [6.07, 6.45) is 2.90. The van der Waals surface area contributed by atoms with Crippen molar-refractivity contribution in [1.82, 2.24) is 10.3 Å². The van der Waals surface area contributed by atoms with E-state index in [1.807, 2.05) is 23.1 Å². The van der Waals surface area contributed by atoms with Gasteiger partial charge in [0.1, 0.15) is 5.69 Å². The topological polar surface area (TPSA) is 97.3 Å². The molecule has 4 rings (SSSR count). The Balaban J connectivity index is 1.66. The molecule has 0 aliphatic carbocycles. The van der Waals surface area contributed by atoms with Crippen LogP contribution in [0.4, 0.5) is 17.1 Å². The zero-order chi connectivity index (χ0) is 17.9. The van der Waals surface area contributed by atoms with Gasteiger partial charge in [0.2, 0.25) is 5.52 Å². The highest BCUT2D eigenvalue weighted by atomic mass is 16.6. The maximum absolute atomic E-state index is 11.6. The van der Waals surface area contributed by atoms with Crippen molar-refractivity contribution < 1.29 is 9.55 Å². The van der Waals surface area contributed by atoms with E-state index in [1.165, 1.54) is 5.56 Å². The molecule has 1 aliphatic heterocycles. The summed E-state index contributed by atoms with van der Waals surface area (Å²) in [5, 5.41) is 22.7. The average molecular weight is 353 g/mol. The monoisotopic (exact) mass is 353 g/mol. The summed E-state index contributed by atoms with van der Waals surface area (Å²) < 4.78 is 4.82.